The van der Waals surface area contributed by atoms with E-state index in [-0.39, 0.29) is 17.2 Å². The molecule has 0 saturated carbocycles. The number of aromatic hydroxyl groups is 1. The summed E-state index contributed by atoms with van der Waals surface area (Å²) in [5.74, 6) is -0.457. The van der Waals surface area contributed by atoms with Crippen molar-refractivity contribution in [3.05, 3.63) is 57.0 Å². The molecule has 19 heavy (non-hydrogen) atoms. The summed E-state index contributed by atoms with van der Waals surface area (Å²) in [4.78, 5) is 12.1. The Bertz CT molecular complexity index is 643. The third-order valence-corrected chi connectivity index (χ3v) is 3.38. The number of phenols is 1. The van der Waals surface area contributed by atoms with Crippen LogP contribution in [0.4, 0.5) is 5.69 Å². The van der Waals surface area contributed by atoms with E-state index in [2.05, 4.69) is 21.2 Å². The Hall–Kier alpha value is -1.52. The minimum Gasteiger partial charge on any atom is -0.507 e. The zero-order chi connectivity index (χ0) is 14.0. The van der Waals surface area contributed by atoms with Crippen molar-refractivity contribution in [1.82, 2.24) is 0 Å². The Labute approximate surface area is 124 Å². The van der Waals surface area contributed by atoms with E-state index in [1.165, 1.54) is 6.07 Å². The van der Waals surface area contributed by atoms with Crippen LogP contribution in [0.25, 0.3) is 0 Å². The summed E-state index contributed by atoms with van der Waals surface area (Å²) in [6.07, 6.45) is 0. The standard InChI is InChI=1S/C14H11BrClNO2/c1-8-2-4-10(16)7-12(8)17-14(19)11-5-3-9(15)6-13(11)18/h2-7,18H,1H3,(H,17,19). The number of hydrogen-bond donors (Lipinski definition) is 2. The van der Waals surface area contributed by atoms with Crippen LogP contribution >= 0.6 is 27.5 Å². The Morgan fingerprint density at radius 3 is 2.68 bits per heavy atom. The number of halogens is 2. The van der Waals surface area contributed by atoms with Crippen molar-refractivity contribution >= 4 is 39.1 Å². The minimum atomic E-state index is -0.379. The molecule has 2 rings (SSSR count). The van der Waals surface area contributed by atoms with Crippen LogP contribution in [-0.2, 0) is 0 Å². The lowest BCUT2D eigenvalue weighted by atomic mass is 10.1. The minimum absolute atomic E-state index is 0.0773. The van der Waals surface area contributed by atoms with Crippen molar-refractivity contribution in [3.63, 3.8) is 0 Å². The van der Waals surface area contributed by atoms with Crippen LogP contribution in [0.2, 0.25) is 5.02 Å². The van der Waals surface area contributed by atoms with E-state index >= 15 is 0 Å². The van der Waals surface area contributed by atoms with E-state index in [1.54, 1.807) is 24.3 Å². The topological polar surface area (TPSA) is 49.3 Å². The molecule has 0 aliphatic rings. The van der Waals surface area contributed by atoms with Crippen LogP contribution in [0, 0.1) is 6.92 Å². The number of carbonyl (C=O) groups is 1. The van der Waals surface area contributed by atoms with Crippen LogP contribution in [0.15, 0.2) is 40.9 Å². The van der Waals surface area contributed by atoms with Crippen molar-refractivity contribution in [2.24, 2.45) is 0 Å². The molecule has 0 unspecified atom stereocenters. The number of rotatable bonds is 2. The third kappa shape index (κ3) is 3.28. The zero-order valence-electron chi connectivity index (χ0n) is 10.1. The second-order valence-electron chi connectivity index (χ2n) is 4.07. The first-order valence-electron chi connectivity index (χ1n) is 5.53. The SMILES string of the molecule is Cc1ccc(Cl)cc1NC(=O)c1ccc(Br)cc1O. The van der Waals surface area contributed by atoms with Gasteiger partial charge in [0.1, 0.15) is 5.75 Å². The molecule has 98 valence electrons. The zero-order valence-corrected chi connectivity index (χ0v) is 12.4. The van der Waals surface area contributed by atoms with Crippen LogP contribution in [0.1, 0.15) is 15.9 Å². The molecule has 1 amide bonds. The van der Waals surface area contributed by atoms with Gasteiger partial charge in [0.25, 0.3) is 5.91 Å². The lowest BCUT2D eigenvalue weighted by Crippen LogP contribution is -2.12. The largest absolute Gasteiger partial charge is 0.507 e. The number of amides is 1. The maximum atomic E-state index is 12.1. The van der Waals surface area contributed by atoms with Gasteiger partial charge in [-0.15, -0.1) is 0 Å². The summed E-state index contributed by atoms with van der Waals surface area (Å²) >= 11 is 9.12. The maximum absolute atomic E-state index is 12.1. The van der Waals surface area contributed by atoms with Gasteiger partial charge in [-0.3, -0.25) is 4.79 Å². The normalized spacial score (nSPS) is 10.3. The number of phenolic OH excluding ortho intramolecular Hbond substituents is 1. The molecule has 2 aromatic rings. The molecular weight excluding hydrogens is 330 g/mol. The third-order valence-electron chi connectivity index (χ3n) is 2.65. The second kappa shape index (κ2) is 5.63. The van der Waals surface area contributed by atoms with Gasteiger partial charge >= 0.3 is 0 Å². The Balaban J connectivity index is 2.28. The van der Waals surface area contributed by atoms with Gasteiger partial charge in [0, 0.05) is 15.2 Å². The molecule has 3 nitrogen and oxygen atoms in total. The molecule has 0 aromatic heterocycles. The van der Waals surface area contributed by atoms with Crippen molar-refractivity contribution in [2.75, 3.05) is 5.32 Å². The molecule has 2 N–H and O–H groups in total. The highest BCUT2D eigenvalue weighted by Gasteiger charge is 2.12. The lowest BCUT2D eigenvalue weighted by Gasteiger charge is -2.10. The molecule has 0 bridgehead atoms. The summed E-state index contributed by atoms with van der Waals surface area (Å²) < 4.78 is 0.709. The van der Waals surface area contributed by atoms with Gasteiger partial charge in [0.2, 0.25) is 0 Å². The smallest absolute Gasteiger partial charge is 0.259 e. The quantitative estimate of drug-likeness (QED) is 0.853. The van der Waals surface area contributed by atoms with Gasteiger partial charge in [-0.25, -0.2) is 0 Å². The van der Waals surface area contributed by atoms with Crippen molar-refractivity contribution in [3.8, 4) is 5.75 Å². The average molecular weight is 341 g/mol. The number of aryl methyl sites for hydroxylation is 1. The van der Waals surface area contributed by atoms with Gasteiger partial charge < -0.3 is 10.4 Å². The summed E-state index contributed by atoms with van der Waals surface area (Å²) in [7, 11) is 0. The fourth-order valence-corrected chi connectivity index (χ4v) is 2.14. The molecule has 0 spiro atoms. The molecule has 0 fully saturated rings. The fourth-order valence-electron chi connectivity index (χ4n) is 1.62. The fraction of sp³-hybridized carbons (Fsp3) is 0.0714. The highest BCUT2D eigenvalue weighted by Crippen LogP contribution is 2.25. The first-order valence-corrected chi connectivity index (χ1v) is 6.70. The van der Waals surface area contributed by atoms with Gasteiger partial charge in [0.05, 0.1) is 5.56 Å². The molecule has 0 saturated heterocycles. The number of benzene rings is 2. The van der Waals surface area contributed by atoms with Gasteiger partial charge in [-0.05, 0) is 42.8 Å². The summed E-state index contributed by atoms with van der Waals surface area (Å²) in [5, 5.41) is 13.0. The van der Waals surface area contributed by atoms with Crippen molar-refractivity contribution < 1.29 is 9.90 Å². The molecule has 0 heterocycles. The average Bonchev–Trinajstić information content (AvgIpc) is 2.33. The number of anilines is 1. The Morgan fingerprint density at radius 1 is 1.26 bits per heavy atom. The van der Waals surface area contributed by atoms with E-state index in [0.29, 0.717) is 15.2 Å². The van der Waals surface area contributed by atoms with E-state index in [1.807, 2.05) is 13.0 Å². The Kier molecular flexibility index (Phi) is 4.12. The van der Waals surface area contributed by atoms with Crippen LogP contribution in [0.5, 0.6) is 5.75 Å². The highest BCUT2D eigenvalue weighted by molar-refractivity contribution is 9.10. The molecule has 0 atom stereocenters. The predicted octanol–water partition coefficient (Wildman–Crippen LogP) is 4.37. The Morgan fingerprint density at radius 2 is 2.00 bits per heavy atom. The number of nitrogens with one attached hydrogen (secondary N) is 1. The number of carbonyl (C=O) groups excluding carboxylic acids is 1. The van der Waals surface area contributed by atoms with E-state index in [4.69, 9.17) is 11.6 Å². The van der Waals surface area contributed by atoms with Gasteiger partial charge in [-0.1, -0.05) is 33.6 Å². The second-order valence-corrected chi connectivity index (χ2v) is 5.43. The van der Waals surface area contributed by atoms with Gasteiger partial charge in [0.15, 0.2) is 0 Å². The summed E-state index contributed by atoms with van der Waals surface area (Å²) in [6.45, 7) is 1.87. The first kappa shape index (κ1) is 13.9. The van der Waals surface area contributed by atoms with E-state index in [0.717, 1.165) is 5.56 Å². The maximum Gasteiger partial charge on any atom is 0.259 e. The predicted molar refractivity (Wildman–Crippen MR) is 79.9 cm³/mol. The van der Waals surface area contributed by atoms with Crippen LogP contribution in [-0.4, -0.2) is 11.0 Å². The molecule has 0 aliphatic carbocycles. The summed E-state index contributed by atoms with van der Waals surface area (Å²) in [6, 6.07) is 9.96. The molecule has 2 aromatic carbocycles. The van der Waals surface area contributed by atoms with Crippen molar-refractivity contribution in [2.45, 2.75) is 6.92 Å². The van der Waals surface area contributed by atoms with Crippen LogP contribution in [0.3, 0.4) is 0 Å². The van der Waals surface area contributed by atoms with E-state index in [9.17, 15) is 9.90 Å². The monoisotopic (exact) mass is 339 g/mol. The van der Waals surface area contributed by atoms with Gasteiger partial charge in [-0.2, -0.15) is 0 Å². The summed E-state index contributed by atoms with van der Waals surface area (Å²) in [5.41, 5.74) is 1.73. The molecule has 5 heteroatoms. The molecular formula is C14H11BrClNO2. The molecule has 0 aliphatic heterocycles. The van der Waals surface area contributed by atoms with Crippen molar-refractivity contribution in [1.29, 1.82) is 0 Å². The molecule has 0 radical (unpaired) electrons. The first-order chi connectivity index (χ1) is 8.97. The highest BCUT2D eigenvalue weighted by atomic mass is 79.9. The van der Waals surface area contributed by atoms with Crippen LogP contribution < -0.4 is 5.32 Å². The lowest BCUT2D eigenvalue weighted by molar-refractivity contribution is 0.102. The van der Waals surface area contributed by atoms with E-state index < -0.39 is 0 Å². The number of hydrogen-bond acceptors (Lipinski definition) is 2.